The normalized spacial score (nSPS) is 12.6. The number of hydrogen-bond donors (Lipinski definition) is 6. The lowest BCUT2D eigenvalue weighted by atomic mass is 10.1. The van der Waals surface area contributed by atoms with Crippen LogP contribution in [0.5, 0.6) is 5.75 Å². The number of halogens is 1. The third-order valence-corrected chi connectivity index (χ3v) is 7.00. The summed E-state index contributed by atoms with van der Waals surface area (Å²) in [6.07, 6.45) is 0.653. The first kappa shape index (κ1) is 32.9. The molecule has 4 aromatic rings. The highest BCUT2D eigenvalue weighted by Gasteiger charge is 2.19. The number of phenolic OH excluding ortho intramolecular Hbond substituents is 1. The highest BCUT2D eigenvalue weighted by Crippen LogP contribution is 2.37. The quantitative estimate of drug-likeness (QED) is 0.0229. The lowest BCUT2D eigenvalue weighted by molar-refractivity contribution is 0.112. The molecule has 0 radical (unpaired) electrons. The maximum Gasteiger partial charge on any atom is 0.294 e. The number of anilines is 4. The van der Waals surface area contributed by atoms with Crippen LogP contribution in [0.4, 0.5) is 29.0 Å². The number of azo groups is 1. The van der Waals surface area contributed by atoms with E-state index in [1.807, 2.05) is 13.8 Å². The largest absolute Gasteiger partial charge is 0.504 e. The number of aryl methyl sites for hydroxylation is 1. The van der Waals surface area contributed by atoms with Gasteiger partial charge in [-0.25, -0.2) is 0 Å². The molecule has 1 atom stereocenters. The van der Waals surface area contributed by atoms with Gasteiger partial charge < -0.3 is 21.1 Å². The lowest BCUT2D eigenvalue weighted by Crippen LogP contribution is -2.28. The van der Waals surface area contributed by atoms with Crippen molar-refractivity contribution in [2.24, 2.45) is 15.3 Å². The van der Waals surface area contributed by atoms with Gasteiger partial charge in [0.05, 0.1) is 16.3 Å². The Balaban J connectivity index is 1.74. The highest BCUT2D eigenvalue weighted by atomic mass is 35.5. The molecule has 17 heteroatoms. The average molecular weight is 653 g/mol. The molecule has 1 aromatic heterocycles. The van der Waals surface area contributed by atoms with E-state index in [4.69, 9.17) is 11.6 Å². The molecular weight excluding hydrogens is 624 g/mol. The second kappa shape index (κ2) is 14.6. The van der Waals surface area contributed by atoms with Gasteiger partial charge in [-0.05, 0) is 62.3 Å². The van der Waals surface area contributed by atoms with Crippen molar-refractivity contribution in [2.45, 2.75) is 24.8 Å². The summed E-state index contributed by atoms with van der Waals surface area (Å²) < 4.78 is 34.1. The molecule has 3 aromatic carbocycles. The van der Waals surface area contributed by atoms with E-state index in [0.29, 0.717) is 29.6 Å². The smallest absolute Gasteiger partial charge is 0.294 e. The molecule has 0 amide bonds. The molecular formula is C28H29ClN10O5S. The zero-order chi connectivity index (χ0) is 32.6. The molecule has 1 unspecified atom stereocenters. The molecule has 0 fully saturated rings. The number of carbonyl (C=O) groups excluding carboxylic acids is 1. The van der Waals surface area contributed by atoms with Crippen molar-refractivity contribution in [2.75, 3.05) is 29.7 Å². The van der Waals surface area contributed by atoms with Crippen LogP contribution >= 0.6 is 11.6 Å². The first-order chi connectivity index (χ1) is 21.5. The van der Waals surface area contributed by atoms with E-state index in [1.54, 1.807) is 55.6 Å². The molecule has 45 heavy (non-hydrogen) atoms. The van der Waals surface area contributed by atoms with Crippen LogP contribution in [0.3, 0.4) is 0 Å². The van der Waals surface area contributed by atoms with Crippen LogP contribution in [-0.4, -0.2) is 64.8 Å². The van der Waals surface area contributed by atoms with E-state index in [0.717, 1.165) is 17.7 Å². The number of benzene rings is 3. The minimum atomic E-state index is -4.76. The fourth-order valence-corrected chi connectivity index (χ4v) is 4.59. The Kier molecular flexibility index (Phi) is 10.7. The lowest BCUT2D eigenvalue weighted by Gasteiger charge is -2.15. The van der Waals surface area contributed by atoms with Crippen molar-refractivity contribution in [1.29, 1.82) is 0 Å². The monoisotopic (exact) mass is 652 g/mol. The zero-order valence-electron chi connectivity index (χ0n) is 24.2. The van der Waals surface area contributed by atoms with Gasteiger partial charge >= 0.3 is 0 Å². The number of hydrazone groups is 1. The van der Waals surface area contributed by atoms with Crippen molar-refractivity contribution in [3.05, 3.63) is 82.6 Å². The number of rotatable bonds is 12. The number of nitrogens with one attached hydrogen (secondary N) is 4. The predicted octanol–water partition coefficient (Wildman–Crippen LogP) is 4.92. The Hall–Kier alpha value is -5.03. The van der Waals surface area contributed by atoms with Crippen LogP contribution in [0.15, 0.2) is 80.9 Å². The molecule has 0 spiro atoms. The second-order valence-corrected chi connectivity index (χ2v) is 11.4. The minimum Gasteiger partial charge on any atom is -0.504 e. The molecule has 234 valence electrons. The van der Waals surface area contributed by atoms with Crippen LogP contribution in [0.25, 0.3) is 0 Å². The Labute approximate surface area is 263 Å². The molecule has 4 rings (SSSR count). The Morgan fingerprint density at radius 1 is 1.04 bits per heavy atom. The summed E-state index contributed by atoms with van der Waals surface area (Å²) in [5, 5.41) is 32.3. The summed E-state index contributed by atoms with van der Waals surface area (Å²) in [5.41, 5.74) is 4.12. The maximum absolute atomic E-state index is 12.1. The first-order valence-electron chi connectivity index (χ1n) is 13.3. The average Bonchev–Trinajstić information content (AvgIpc) is 2.98. The Morgan fingerprint density at radius 3 is 2.44 bits per heavy atom. The van der Waals surface area contributed by atoms with Gasteiger partial charge in [0.15, 0.2) is 12.0 Å². The van der Waals surface area contributed by atoms with Crippen molar-refractivity contribution >= 4 is 62.8 Å². The SMILES string of the molecule is CNCC(C)Nc1nc(Cl)nc(Nc2cc(S(=O)(=O)O)cc(N/N=C(\N=Nc3cc(C)ccc3C=O)c3ccccc3)c2O)n1. The van der Waals surface area contributed by atoms with Crippen molar-refractivity contribution < 1.29 is 22.9 Å². The number of carbonyl (C=O) groups is 1. The topological polar surface area (TPSA) is 216 Å². The van der Waals surface area contributed by atoms with Crippen LogP contribution in [-0.2, 0) is 10.1 Å². The second-order valence-electron chi connectivity index (χ2n) is 9.62. The number of aldehydes is 1. The van der Waals surface area contributed by atoms with Crippen molar-refractivity contribution in [3.63, 3.8) is 0 Å². The minimum absolute atomic E-state index is 0.0239. The first-order valence-corrected chi connectivity index (χ1v) is 15.1. The van der Waals surface area contributed by atoms with Crippen LogP contribution in [0, 0.1) is 6.92 Å². The fourth-order valence-electron chi connectivity index (χ4n) is 3.89. The molecule has 15 nitrogen and oxygen atoms in total. The third kappa shape index (κ3) is 8.99. The molecule has 0 bridgehead atoms. The van der Waals surface area contributed by atoms with Gasteiger partial charge in [-0.3, -0.25) is 14.8 Å². The van der Waals surface area contributed by atoms with Crippen molar-refractivity contribution in [1.82, 2.24) is 20.3 Å². The zero-order valence-corrected chi connectivity index (χ0v) is 25.8. The number of nitrogens with zero attached hydrogens (tertiary/aromatic N) is 6. The van der Waals surface area contributed by atoms with E-state index in [9.17, 15) is 22.9 Å². The molecule has 1 heterocycles. The number of likely N-dealkylation sites (N-methyl/N-ethyl adjacent to an activating group) is 1. The summed E-state index contributed by atoms with van der Waals surface area (Å²) in [6, 6.07) is 15.6. The molecule has 0 aliphatic carbocycles. The number of hydrogen-bond acceptors (Lipinski definition) is 13. The van der Waals surface area contributed by atoms with Gasteiger partial charge in [-0.15, -0.1) is 10.2 Å². The van der Waals surface area contributed by atoms with Gasteiger partial charge in [0.1, 0.15) is 5.69 Å². The molecule has 0 saturated heterocycles. The molecule has 0 saturated carbocycles. The fraction of sp³-hybridized carbons (Fsp3) is 0.179. The van der Waals surface area contributed by atoms with Crippen LogP contribution in [0.2, 0.25) is 5.28 Å². The van der Waals surface area contributed by atoms with E-state index in [2.05, 4.69) is 51.7 Å². The van der Waals surface area contributed by atoms with E-state index >= 15 is 0 Å². The summed E-state index contributed by atoms with van der Waals surface area (Å²) in [4.78, 5) is 23.2. The van der Waals surface area contributed by atoms with Gasteiger partial charge in [-0.1, -0.05) is 36.4 Å². The highest BCUT2D eigenvalue weighted by molar-refractivity contribution is 7.85. The van der Waals surface area contributed by atoms with E-state index in [-0.39, 0.29) is 40.4 Å². The summed E-state index contributed by atoms with van der Waals surface area (Å²) >= 11 is 6.07. The summed E-state index contributed by atoms with van der Waals surface area (Å²) in [5.74, 6) is -0.491. The third-order valence-electron chi connectivity index (χ3n) is 6.00. The molecule has 0 aliphatic heterocycles. The molecule has 6 N–H and O–H groups in total. The Bertz CT molecular complexity index is 1860. The van der Waals surface area contributed by atoms with Gasteiger partial charge in [0, 0.05) is 23.7 Å². The number of phenols is 1. The van der Waals surface area contributed by atoms with E-state index < -0.39 is 20.8 Å². The Morgan fingerprint density at radius 2 is 1.76 bits per heavy atom. The summed E-state index contributed by atoms with van der Waals surface area (Å²) in [6.45, 7) is 4.31. The standard InChI is InChI=1S/C28H29ClN10O5S/c1-16-9-10-19(15-40)21(11-16)36-38-25(18-7-5-4-6-8-18)39-37-23-13-20(45(42,43)44)12-22(24(23)41)32-28-34-26(29)33-27(35-28)31-17(2)14-30-3/h4-13,15,17,30,37,41H,14H2,1-3H3,(H,42,43,44)(H2,31,32,33,34,35)/b38-36?,39-25-. The number of aromatic nitrogens is 3. The summed E-state index contributed by atoms with van der Waals surface area (Å²) in [7, 11) is -2.97. The number of aromatic hydroxyl groups is 1. The van der Waals surface area contributed by atoms with Crippen molar-refractivity contribution in [3.8, 4) is 5.75 Å². The van der Waals surface area contributed by atoms with Gasteiger partial charge in [0.25, 0.3) is 10.1 Å². The number of amidine groups is 1. The van der Waals surface area contributed by atoms with Crippen LogP contribution < -0.4 is 21.4 Å². The van der Waals surface area contributed by atoms with Crippen LogP contribution in [0.1, 0.15) is 28.4 Å². The van der Waals surface area contributed by atoms with E-state index in [1.165, 1.54) is 0 Å². The van der Waals surface area contributed by atoms with Gasteiger partial charge in [-0.2, -0.15) is 28.5 Å². The maximum atomic E-state index is 12.1. The molecule has 0 aliphatic rings. The van der Waals surface area contributed by atoms with Gasteiger partial charge in [0.2, 0.25) is 23.0 Å². The predicted molar refractivity (Wildman–Crippen MR) is 171 cm³/mol.